The molecule has 0 radical (unpaired) electrons. The minimum Gasteiger partial charge on any atom is -0.309 e. The molecule has 0 fully saturated rings. The highest BCUT2D eigenvalue weighted by Crippen LogP contribution is 2.45. The Bertz CT molecular complexity index is 2550. The molecule has 1 nitrogen and oxygen atoms in total. The minimum atomic E-state index is 1.12. The molecule has 0 aliphatic heterocycles. The second kappa shape index (κ2) is 11.0. The van der Waals surface area contributed by atoms with Gasteiger partial charge >= 0.3 is 0 Å². The quantitative estimate of drug-likeness (QED) is 0.189. The number of fused-ring (bicyclic) bond motifs is 5. The summed E-state index contributed by atoms with van der Waals surface area (Å²) >= 11 is 1.86. The zero-order valence-electron chi connectivity index (χ0n) is 25.1. The lowest BCUT2D eigenvalue weighted by atomic mass is 9.98. The van der Waals surface area contributed by atoms with Crippen molar-refractivity contribution in [2.24, 2.45) is 0 Å². The van der Waals surface area contributed by atoms with Gasteiger partial charge in [0.2, 0.25) is 0 Å². The third-order valence-corrected chi connectivity index (χ3v) is 10.2. The van der Waals surface area contributed by atoms with Gasteiger partial charge in [-0.05, 0) is 81.4 Å². The lowest BCUT2D eigenvalue weighted by molar-refractivity contribution is 1.30. The van der Waals surface area contributed by atoms with Crippen LogP contribution in [0.1, 0.15) is 0 Å². The number of para-hydroxylation sites is 1. The molecule has 2 heteroatoms. The van der Waals surface area contributed by atoms with Crippen molar-refractivity contribution in [1.82, 2.24) is 0 Å². The summed E-state index contributed by atoms with van der Waals surface area (Å²) in [6, 6.07) is 64.1. The topological polar surface area (TPSA) is 3.24 Å². The van der Waals surface area contributed by atoms with E-state index in [9.17, 15) is 0 Å². The van der Waals surface area contributed by atoms with Crippen LogP contribution in [0.15, 0.2) is 176 Å². The molecule has 0 saturated heterocycles. The first-order valence-corrected chi connectivity index (χ1v) is 16.5. The minimum absolute atomic E-state index is 1.12. The second-order valence-electron chi connectivity index (χ2n) is 11.8. The van der Waals surface area contributed by atoms with Crippen LogP contribution in [0.3, 0.4) is 0 Å². The molecule has 0 bridgehead atoms. The van der Waals surface area contributed by atoms with Crippen LogP contribution in [0.25, 0.3) is 64.0 Å². The predicted molar refractivity (Wildman–Crippen MR) is 200 cm³/mol. The van der Waals surface area contributed by atoms with Crippen molar-refractivity contribution in [3.63, 3.8) is 0 Å². The van der Waals surface area contributed by atoms with Crippen molar-refractivity contribution in [2.45, 2.75) is 0 Å². The molecule has 0 spiro atoms. The van der Waals surface area contributed by atoms with E-state index >= 15 is 0 Å². The normalized spacial score (nSPS) is 11.5. The van der Waals surface area contributed by atoms with E-state index in [1.54, 1.807) is 0 Å². The molecule has 9 aromatic rings. The van der Waals surface area contributed by atoms with Crippen molar-refractivity contribution >= 4 is 70.1 Å². The van der Waals surface area contributed by atoms with Crippen LogP contribution in [-0.2, 0) is 0 Å². The van der Waals surface area contributed by atoms with Gasteiger partial charge in [-0.15, -0.1) is 11.3 Å². The Kier molecular flexibility index (Phi) is 6.40. The van der Waals surface area contributed by atoms with E-state index in [1.807, 2.05) is 11.3 Å². The molecule has 46 heavy (non-hydrogen) atoms. The van der Waals surface area contributed by atoms with Crippen LogP contribution in [0.4, 0.5) is 17.1 Å². The lowest BCUT2D eigenvalue weighted by Gasteiger charge is -2.29. The van der Waals surface area contributed by atoms with E-state index in [-0.39, 0.29) is 0 Å². The SMILES string of the molecule is c1cc(-c2ccc3ccccc3c2)cc(N(c2ccccc2-c2ccc3sc4ccccc4c3c2)c2cccc3ccccc23)c1. The van der Waals surface area contributed by atoms with E-state index in [4.69, 9.17) is 0 Å². The molecule has 0 atom stereocenters. The van der Waals surface area contributed by atoms with Gasteiger partial charge in [0.15, 0.2) is 0 Å². The third-order valence-electron chi connectivity index (χ3n) is 9.03. The highest BCUT2D eigenvalue weighted by molar-refractivity contribution is 7.25. The molecule has 0 unspecified atom stereocenters. The van der Waals surface area contributed by atoms with Crippen molar-refractivity contribution < 1.29 is 0 Å². The van der Waals surface area contributed by atoms with E-state index in [0.717, 1.165) is 17.1 Å². The Balaban J connectivity index is 1.27. The number of rotatable bonds is 5. The monoisotopic (exact) mass is 603 g/mol. The molecular weight excluding hydrogens is 575 g/mol. The summed E-state index contributed by atoms with van der Waals surface area (Å²) in [6.45, 7) is 0. The molecule has 0 saturated carbocycles. The molecule has 1 aromatic heterocycles. The second-order valence-corrected chi connectivity index (χ2v) is 12.9. The number of nitrogens with zero attached hydrogens (tertiary/aromatic N) is 1. The first kappa shape index (κ1) is 26.7. The summed E-state index contributed by atoms with van der Waals surface area (Å²) in [4.78, 5) is 2.44. The average Bonchev–Trinajstić information content (AvgIpc) is 3.50. The Morgan fingerprint density at radius 3 is 1.93 bits per heavy atom. The number of thiophene rings is 1. The van der Waals surface area contributed by atoms with Gasteiger partial charge in [-0.25, -0.2) is 0 Å². The van der Waals surface area contributed by atoms with Crippen molar-refractivity contribution in [1.29, 1.82) is 0 Å². The first-order valence-electron chi connectivity index (χ1n) is 15.7. The van der Waals surface area contributed by atoms with Gasteiger partial charge in [0, 0.05) is 36.8 Å². The summed E-state index contributed by atoms with van der Waals surface area (Å²) in [5.41, 5.74) is 8.23. The number of benzene rings is 8. The van der Waals surface area contributed by atoms with Crippen molar-refractivity contribution in [3.8, 4) is 22.3 Å². The van der Waals surface area contributed by atoms with Crippen LogP contribution in [0.5, 0.6) is 0 Å². The van der Waals surface area contributed by atoms with Gasteiger partial charge in [0.1, 0.15) is 0 Å². The fourth-order valence-corrected chi connectivity index (χ4v) is 7.90. The predicted octanol–water partition coefficient (Wildman–Crippen LogP) is 13.2. The van der Waals surface area contributed by atoms with Crippen LogP contribution in [0, 0.1) is 0 Å². The molecule has 0 amide bonds. The van der Waals surface area contributed by atoms with E-state index in [2.05, 4.69) is 181 Å². The average molecular weight is 604 g/mol. The fourth-order valence-electron chi connectivity index (χ4n) is 6.81. The Morgan fingerprint density at radius 1 is 0.348 bits per heavy atom. The molecule has 0 aliphatic carbocycles. The van der Waals surface area contributed by atoms with E-state index < -0.39 is 0 Å². The smallest absolute Gasteiger partial charge is 0.0540 e. The Labute approximate surface area is 272 Å². The van der Waals surface area contributed by atoms with Gasteiger partial charge in [-0.3, -0.25) is 0 Å². The summed E-state index contributed by atoms with van der Waals surface area (Å²) < 4.78 is 2.64. The zero-order valence-corrected chi connectivity index (χ0v) is 25.9. The highest BCUT2D eigenvalue weighted by Gasteiger charge is 2.20. The van der Waals surface area contributed by atoms with Crippen molar-refractivity contribution in [2.75, 3.05) is 4.90 Å². The molecule has 0 N–H and O–H groups in total. The lowest BCUT2D eigenvalue weighted by Crippen LogP contribution is -2.11. The van der Waals surface area contributed by atoms with E-state index in [1.165, 1.54) is 64.0 Å². The summed E-state index contributed by atoms with van der Waals surface area (Å²) in [5.74, 6) is 0. The highest BCUT2D eigenvalue weighted by atomic mass is 32.1. The Morgan fingerprint density at radius 2 is 1.00 bits per heavy atom. The molecular formula is C44H29NS. The molecule has 9 rings (SSSR count). The van der Waals surface area contributed by atoms with Gasteiger partial charge in [0.25, 0.3) is 0 Å². The summed E-state index contributed by atoms with van der Waals surface area (Å²) in [7, 11) is 0. The van der Waals surface area contributed by atoms with Gasteiger partial charge < -0.3 is 4.90 Å². The molecule has 216 valence electrons. The maximum Gasteiger partial charge on any atom is 0.0540 e. The van der Waals surface area contributed by atoms with Crippen LogP contribution < -0.4 is 4.90 Å². The van der Waals surface area contributed by atoms with Crippen LogP contribution in [0.2, 0.25) is 0 Å². The number of hydrogen-bond acceptors (Lipinski definition) is 2. The molecule has 1 heterocycles. The van der Waals surface area contributed by atoms with Crippen LogP contribution in [-0.4, -0.2) is 0 Å². The maximum absolute atomic E-state index is 2.44. The standard InChI is InChI=1S/C44H29NS/c1-2-13-32-27-34(24-23-30(32)11-1)33-15-9-16-36(28-33)45(42-21-10-14-31-12-3-4-17-37(31)42)41-20-7-5-18-38(41)35-25-26-44-40(29-35)39-19-6-8-22-43(39)46-44/h1-29H. The zero-order chi connectivity index (χ0) is 30.5. The molecule has 8 aromatic carbocycles. The van der Waals surface area contributed by atoms with E-state index in [0.29, 0.717) is 0 Å². The number of anilines is 3. The van der Waals surface area contributed by atoms with Gasteiger partial charge in [0.05, 0.1) is 11.4 Å². The Hall–Kier alpha value is -5.70. The summed E-state index contributed by atoms with van der Waals surface area (Å²) in [5, 5.41) is 7.57. The largest absolute Gasteiger partial charge is 0.309 e. The first-order chi connectivity index (χ1) is 22.8. The third kappa shape index (κ3) is 4.54. The fraction of sp³-hybridized carbons (Fsp3) is 0. The van der Waals surface area contributed by atoms with Crippen LogP contribution >= 0.6 is 11.3 Å². The van der Waals surface area contributed by atoms with Gasteiger partial charge in [-0.1, -0.05) is 127 Å². The maximum atomic E-state index is 2.44. The molecule has 0 aliphatic rings. The van der Waals surface area contributed by atoms with Crippen molar-refractivity contribution in [3.05, 3.63) is 176 Å². The number of hydrogen-bond donors (Lipinski definition) is 0. The van der Waals surface area contributed by atoms with Gasteiger partial charge in [-0.2, -0.15) is 0 Å². The summed E-state index contributed by atoms with van der Waals surface area (Å²) in [6.07, 6.45) is 0.